The van der Waals surface area contributed by atoms with Crippen molar-refractivity contribution in [2.75, 3.05) is 26.2 Å². The Morgan fingerprint density at radius 2 is 2.04 bits per heavy atom. The normalized spacial score (nSPS) is 21.5. The lowest BCUT2D eigenvalue weighted by Crippen LogP contribution is -2.39. The molecule has 0 radical (unpaired) electrons. The van der Waals surface area contributed by atoms with E-state index in [2.05, 4.69) is 31.7 Å². The van der Waals surface area contributed by atoms with Crippen LogP contribution in [-0.2, 0) is 13.6 Å². The van der Waals surface area contributed by atoms with E-state index in [0.29, 0.717) is 0 Å². The van der Waals surface area contributed by atoms with E-state index >= 15 is 0 Å². The van der Waals surface area contributed by atoms with Crippen molar-refractivity contribution in [3.05, 3.63) is 35.2 Å². The Balaban J connectivity index is 1.47. The van der Waals surface area contributed by atoms with Crippen molar-refractivity contribution in [2.24, 2.45) is 7.05 Å². The number of rotatable bonds is 4. The SMILES string of the molecule is Cc1[nH]ccc1C(=O)N1CCC[C@H](c2nnc(CN3CCCC3)n2C)C1. The van der Waals surface area contributed by atoms with Gasteiger partial charge in [0, 0.05) is 37.9 Å². The fourth-order valence-electron chi connectivity index (χ4n) is 4.24. The van der Waals surface area contributed by atoms with E-state index in [9.17, 15) is 4.79 Å². The predicted molar refractivity (Wildman–Crippen MR) is 98.9 cm³/mol. The molecule has 7 nitrogen and oxygen atoms in total. The number of nitrogens with zero attached hydrogens (tertiary/aromatic N) is 5. The lowest BCUT2D eigenvalue weighted by atomic mass is 9.96. The third-order valence-electron chi connectivity index (χ3n) is 5.82. The Bertz CT molecular complexity index is 773. The van der Waals surface area contributed by atoms with Crippen molar-refractivity contribution in [1.82, 2.24) is 29.5 Å². The van der Waals surface area contributed by atoms with Crippen molar-refractivity contribution in [2.45, 2.75) is 45.1 Å². The van der Waals surface area contributed by atoms with Gasteiger partial charge in [0.1, 0.15) is 11.6 Å². The van der Waals surface area contributed by atoms with Gasteiger partial charge in [0.2, 0.25) is 0 Å². The molecule has 2 fully saturated rings. The number of nitrogens with one attached hydrogen (secondary N) is 1. The van der Waals surface area contributed by atoms with Gasteiger partial charge in [0.05, 0.1) is 12.1 Å². The van der Waals surface area contributed by atoms with Gasteiger partial charge in [-0.2, -0.15) is 0 Å². The van der Waals surface area contributed by atoms with Crippen LogP contribution in [0.4, 0.5) is 0 Å². The maximum absolute atomic E-state index is 12.8. The molecule has 26 heavy (non-hydrogen) atoms. The first-order valence-electron chi connectivity index (χ1n) is 9.67. The maximum atomic E-state index is 12.8. The first-order chi connectivity index (χ1) is 12.6. The molecule has 2 aromatic heterocycles. The number of likely N-dealkylation sites (tertiary alicyclic amines) is 2. The summed E-state index contributed by atoms with van der Waals surface area (Å²) in [4.78, 5) is 20.3. The van der Waals surface area contributed by atoms with Gasteiger partial charge in [-0.05, 0) is 51.8 Å². The molecule has 1 amide bonds. The van der Waals surface area contributed by atoms with Gasteiger partial charge in [-0.3, -0.25) is 9.69 Å². The highest BCUT2D eigenvalue weighted by Crippen LogP contribution is 2.27. The maximum Gasteiger partial charge on any atom is 0.255 e. The Morgan fingerprint density at radius 3 is 2.77 bits per heavy atom. The molecular weight excluding hydrogens is 328 g/mol. The van der Waals surface area contributed by atoms with E-state index in [1.165, 1.54) is 12.8 Å². The zero-order valence-electron chi connectivity index (χ0n) is 15.7. The van der Waals surface area contributed by atoms with E-state index < -0.39 is 0 Å². The monoisotopic (exact) mass is 356 g/mol. The summed E-state index contributed by atoms with van der Waals surface area (Å²) in [6, 6.07) is 1.87. The Hall–Kier alpha value is -2.15. The van der Waals surface area contributed by atoms with Crippen molar-refractivity contribution < 1.29 is 4.79 Å². The summed E-state index contributed by atoms with van der Waals surface area (Å²) in [6.07, 6.45) is 6.46. The minimum Gasteiger partial charge on any atom is -0.365 e. The molecule has 2 aliphatic heterocycles. The second-order valence-electron chi connectivity index (χ2n) is 7.62. The van der Waals surface area contributed by atoms with Crippen LogP contribution in [-0.4, -0.2) is 61.6 Å². The number of carbonyl (C=O) groups is 1. The molecule has 0 spiro atoms. The zero-order valence-corrected chi connectivity index (χ0v) is 15.7. The van der Waals surface area contributed by atoms with E-state index in [4.69, 9.17) is 0 Å². The summed E-state index contributed by atoms with van der Waals surface area (Å²) in [5.74, 6) is 2.43. The summed E-state index contributed by atoms with van der Waals surface area (Å²) >= 11 is 0. The quantitative estimate of drug-likeness (QED) is 0.910. The van der Waals surface area contributed by atoms with Gasteiger partial charge in [0.15, 0.2) is 0 Å². The molecule has 0 aromatic carbocycles. The number of amides is 1. The number of carbonyl (C=O) groups excluding carboxylic acids is 1. The molecule has 2 aromatic rings. The van der Waals surface area contributed by atoms with Gasteiger partial charge < -0.3 is 14.5 Å². The van der Waals surface area contributed by atoms with Gasteiger partial charge in [0.25, 0.3) is 5.91 Å². The molecular formula is C19H28N6O. The highest BCUT2D eigenvalue weighted by molar-refractivity contribution is 5.95. The average Bonchev–Trinajstić information content (AvgIpc) is 3.38. The molecule has 0 unspecified atom stereocenters. The number of aromatic nitrogens is 4. The second kappa shape index (κ2) is 7.23. The standard InChI is InChI=1S/C19H28N6O/c1-14-16(7-8-20-14)19(26)25-11-5-6-15(12-25)18-22-21-17(23(18)2)13-24-9-3-4-10-24/h7-8,15,20H,3-6,9-13H2,1-2H3/t15-/m0/s1. The Kier molecular flexibility index (Phi) is 4.80. The molecule has 4 heterocycles. The van der Waals surface area contributed by atoms with Crippen LogP contribution >= 0.6 is 0 Å². The van der Waals surface area contributed by atoms with Crippen LogP contribution in [0.3, 0.4) is 0 Å². The number of hydrogen-bond donors (Lipinski definition) is 1. The number of aromatic amines is 1. The van der Waals surface area contributed by atoms with E-state index in [1.807, 2.05) is 24.1 Å². The lowest BCUT2D eigenvalue weighted by Gasteiger charge is -2.32. The van der Waals surface area contributed by atoms with E-state index in [1.54, 1.807) is 0 Å². The largest absolute Gasteiger partial charge is 0.365 e. The van der Waals surface area contributed by atoms with Crippen molar-refractivity contribution >= 4 is 5.91 Å². The van der Waals surface area contributed by atoms with Crippen molar-refractivity contribution in [3.63, 3.8) is 0 Å². The van der Waals surface area contributed by atoms with Gasteiger partial charge in [-0.1, -0.05) is 0 Å². The molecule has 2 aliphatic rings. The molecule has 1 atom stereocenters. The predicted octanol–water partition coefficient (Wildman–Crippen LogP) is 2.07. The topological polar surface area (TPSA) is 70.1 Å². The molecule has 7 heteroatoms. The number of piperidine rings is 1. The van der Waals surface area contributed by atoms with Crippen LogP contribution in [0.15, 0.2) is 12.3 Å². The van der Waals surface area contributed by atoms with E-state index in [0.717, 1.165) is 68.5 Å². The third-order valence-corrected chi connectivity index (χ3v) is 5.82. The van der Waals surface area contributed by atoms with Crippen LogP contribution < -0.4 is 0 Å². The molecule has 0 aliphatic carbocycles. The summed E-state index contributed by atoms with van der Waals surface area (Å²) < 4.78 is 2.15. The van der Waals surface area contributed by atoms with Crippen LogP contribution in [0.2, 0.25) is 0 Å². The highest BCUT2D eigenvalue weighted by atomic mass is 16.2. The van der Waals surface area contributed by atoms with Gasteiger partial charge >= 0.3 is 0 Å². The summed E-state index contributed by atoms with van der Waals surface area (Å²) in [5.41, 5.74) is 1.71. The van der Waals surface area contributed by atoms with Crippen LogP contribution in [0.5, 0.6) is 0 Å². The van der Waals surface area contributed by atoms with Crippen LogP contribution in [0.1, 0.15) is 59.3 Å². The molecule has 0 saturated carbocycles. The molecule has 1 N–H and O–H groups in total. The molecule has 0 bridgehead atoms. The van der Waals surface area contributed by atoms with Crippen LogP contribution in [0.25, 0.3) is 0 Å². The van der Waals surface area contributed by atoms with Gasteiger partial charge in [-0.25, -0.2) is 0 Å². The molecule has 4 rings (SSSR count). The summed E-state index contributed by atoms with van der Waals surface area (Å²) in [7, 11) is 2.07. The van der Waals surface area contributed by atoms with E-state index in [-0.39, 0.29) is 11.8 Å². The average molecular weight is 356 g/mol. The van der Waals surface area contributed by atoms with Gasteiger partial charge in [-0.15, -0.1) is 10.2 Å². The first kappa shape index (κ1) is 17.3. The molecule has 2 saturated heterocycles. The lowest BCUT2D eigenvalue weighted by molar-refractivity contribution is 0.0703. The minimum atomic E-state index is 0.118. The van der Waals surface area contributed by atoms with Crippen molar-refractivity contribution in [1.29, 1.82) is 0 Å². The fraction of sp³-hybridized carbons (Fsp3) is 0.632. The minimum absolute atomic E-state index is 0.118. The number of aryl methyl sites for hydroxylation is 1. The summed E-state index contributed by atoms with van der Waals surface area (Å²) in [6.45, 7) is 6.68. The third kappa shape index (κ3) is 3.28. The van der Waals surface area contributed by atoms with Crippen LogP contribution in [0, 0.1) is 6.92 Å². The Morgan fingerprint density at radius 1 is 1.23 bits per heavy atom. The zero-order chi connectivity index (χ0) is 18.1. The Labute approximate surface area is 154 Å². The molecule has 140 valence electrons. The highest BCUT2D eigenvalue weighted by Gasteiger charge is 2.30. The second-order valence-corrected chi connectivity index (χ2v) is 7.62. The smallest absolute Gasteiger partial charge is 0.255 e. The fourth-order valence-corrected chi connectivity index (χ4v) is 4.24. The van der Waals surface area contributed by atoms with Crippen molar-refractivity contribution in [3.8, 4) is 0 Å². The number of H-pyrrole nitrogens is 1. The first-order valence-corrected chi connectivity index (χ1v) is 9.67. The summed E-state index contributed by atoms with van der Waals surface area (Å²) in [5, 5.41) is 8.95. The number of hydrogen-bond acceptors (Lipinski definition) is 4.